The van der Waals surface area contributed by atoms with Crippen LogP contribution in [-0.4, -0.2) is 42.4 Å². The Morgan fingerprint density at radius 1 is 1.30 bits per heavy atom. The van der Waals surface area contributed by atoms with Gasteiger partial charge in [0.05, 0.1) is 13.1 Å². The summed E-state index contributed by atoms with van der Waals surface area (Å²) in [5.41, 5.74) is 0. The molecule has 1 atom stereocenters. The maximum Gasteiger partial charge on any atom is 0.230 e. The fourth-order valence-electron chi connectivity index (χ4n) is 2.69. The molecule has 7 heteroatoms. The SMILES string of the molecule is CCc1nnc(CN2CCCC[C@H]2Cn2cncn2)o1. The van der Waals surface area contributed by atoms with Crippen LogP contribution in [0, 0.1) is 0 Å². The molecule has 2 aromatic rings. The van der Waals surface area contributed by atoms with Crippen LogP contribution in [-0.2, 0) is 19.5 Å². The molecule has 108 valence electrons. The minimum absolute atomic E-state index is 0.461. The summed E-state index contributed by atoms with van der Waals surface area (Å²) in [6, 6.07) is 0.461. The molecule has 1 fully saturated rings. The van der Waals surface area contributed by atoms with Crippen LogP contribution in [0.1, 0.15) is 38.0 Å². The van der Waals surface area contributed by atoms with E-state index in [1.54, 1.807) is 12.7 Å². The van der Waals surface area contributed by atoms with Crippen LogP contribution >= 0.6 is 0 Å². The molecule has 7 nitrogen and oxygen atoms in total. The van der Waals surface area contributed by atoms with Gasteiger partial charge in [-0.05, 0) is 19.4 Å². The van der Waals surface area contributed by atoms with Crippen molar-refractivity contribution in [1.82, 2.24) is 29.9 Å². The molecule has 0 unspecified atom stereocenters. The predicted octanol–water partition coefficient (Wildman–Crippen LogP) is 1.28. The van der Waals surface area contributed by atoms with Crippen LogP contribution in [0.5, 0.6) is 0 Å². The van der Waals surface area contributed by atoms with Gasteiger partial charge >= 0.3 is 0 Å². The van der Waals surface area contributed by atoms with Crippen molar-refractivity contribution in [2.45, 2.75) is 51.7 Å². The number of piperidine rings is 1. The topological polar surface area (TPSA) is 72.9 Å². The van der Waals surface area contributed by atoms with E-state index in [2.05, 4.69) is 25.2 Å². The number of aromatic nitrogens is 5. The van der Waals surface area contributed by atoms with Gasteiger partial charge in [0.25, 0.3) is 0 Å². The average Bonchev–Trinajstić information content (AvgIpc) is 3.12. The lowest BCUT2D eigenvalue weighted by Gasteiger charge is -2.34. The van der Waals surface area contributed by atoms with Crippen molar-refractivity contribution in [3.63, 3.8) is 0 Å². The van der Waals surface area contributed by atoms with Crippen LogP contribution in [0.3, 0.4) is 0 Å². The third-order valence-electron chi connectivity index (χ3n) is 3.76. The van der Waals surface area contributed by atoms with Crippen LogP contribution in [0.2, 0.25) is 0 Å². The maximum atomic E-state index is 5.62. The standard InChI is InChI=1S/C13H20N6O/c1-2-12-16-17-13(20-12)8-18-6-4-3-5-11(18)7-19-10-14-9-15-19/h9-11H,2-8H2,1H3/t11-/m0/s1. The van der Waals surface area contributed by atoms with Gasteiger partial charge in [0.2, 0.25) is 11.8 Å². The van der Waals surface area contributed by atoms with Gasteiger partial charge in [0.15, 0.2) is 0 Å². The fraction of sp³-hybridized carbons (Fsp3) is 0.692. The van der Waals surface area contributed by atoms with Gasteiger partial charge in [-0.25, -0.2) is 4.98 Å². The minimum atomic E-state index is 0.461. The number of hydrogen-bond acceptors (Lipinski definition) is 6. The molecule has 1 saturated heterocycles. The summed E-state index contributed by atoms with van der Waals surface area (Å²) < 4.78 is 7.52. The first-order valence-corrected chi connectivity index (χ1v) is 7.23. The van der Waals surface area contributed by atoms with E-state index >= 15 is 0 Å². The molecule has 0 aliphatic carbocycles. The molecular weight excluding hydrogens is 256 g/mol. The molecule has 0 aromatic carbocycles. The molecular formula is C13H20N6O. The van der Waals surface area contributed by atoms with Gasteiger partial charge < -0.3 is 4.42 Å². The molecule has 0 spiro atoms. The Balaban J connectivity index is 1.65. The summed E-state index contributed by atoms with van der Waals surface area (Å²) in [7, 11) is 0. The Bertz CT molecular complexity index is 523. The summed E-state index contributed by atoms with van der Waals surface area (Å²) >= 11 is 0. The smallest absolute Gasteiger partial charge is 0.230 e. The second-order valence-corrected chi connectivity index (χ2v) is 5.18. The number of nitrogens with zero attached hydrogens (tertiary/aromatic N) is 6. The molecule has 1 aliphatic heterocycles. The van der Waals surface area contributed by atoms with Gasteiger partial charge in [-0.15, -0.1) is 10.2 Å². The lowest BCUT2D eigenvalue weighted by atomic mass is 10.0. The highest BCUT2D eigenvalue weighted by molar-refractivity contribution is 4.85. The van der Waals surface area contributed by atoms with E-state index in [1.807, 2.05) is 11.6 Å². The monoisotopic (exact) mass is 276 g/mol. The predicted molar refractivity (Wildman–Crippen MR) is 71.7 cm³/mol. The van der Waals surface area contributed by atoms with Crippen molar-refractivity contribution in [2.75, 3.05) is 6.54 Å². The quantitative estimate of drug-likeness (QED) is 0.819. The lowest BCUT2D eigenvalue weighted by molar-refractivity contribution is 0.110. The Morgan fingerprint density at radius 2 is 2.20 bits per heavy atom. The molecule has 0 saturated carbocycles. The first-order valence-electron chi connectivity index (χ1n) is 7.23. The van der Waals surface area contributed by atoms with E-state index in [4.69, 9.17) is 4.42 Å². The largest absolute Gasteiger partial charge is 0.424 e. The summed E-state index contributed by atoms with van der Waals surface area (Å²) in [5.74, 6) is 1.43. The van der Waals surface area contributed by atoms with Crippen LogP contribution in [0.4, 0.5) is 0 Å². The Labute approximate surface area is 118 Å². The fourth-order valence-corrected chi connectivity index (χ4v) is 2.69. The second-order valence-electron chi connectivity index (χ2n) is 5.18. The van der Waals surface area contributed by atoms with E-state index in [1.165, 1.54) is 19.3 Å². The Hall–Kier alpha value is -1.76. The molecule has 3 rings (SSSR count). The van der Waals surface area contributed by atoms with Gasteiger partial charge in [-0.2, -0.15) is 5.10 Å². The highest BCUT2D eigenvalue weighted by Gasteiger charge is 2.24. The Morgan fingerprint density at radius 3 is 2.95 bits per heavy atom. The summed E-state index contributed by atoms with van der Waals surface area (Å²) in [5, 5.41) is 12.3. The zero-order valence-electron chi connectivity index (χ0n) is 11.8. The Kier molecular flexibility index (Phi) is 4.05. The third kappa shape index (κ3) is 3.04. The normalized spacial score (nSPS) is 20.4. The van der Waals surface area contributed by atoms with Gasteiger partial charge in [0, 0.05) is 12.5 Å². The van der Waals surface area contributed by atoms with Crippen molar-refractivity contribution >= 4 is 0 Å². The van der Waals surface area contributed by atoms with Gasteiger partial charge in [0.1, 0.15) is 12.7 Å². The lowest BCUT2D eigenvalue weighted by Crippen LogP contribution is -2.41. The molecule has 0 bridgehead atoms. The molecule has 0 radical (unpaired) electrons. The van der Waals surface area contributed by atoms with E-state index in [9.17, 15) is 0 Å². The molecule has 3 heterocycles. The molecule has 20 heavy (non-hydrogen) atoms. The number of rotatable bonds is 5. The number of likely N-dealkylation sites (tertiary alicyclic amines) is 1. The zero-order chi connectivity index (χ0) is 13.8. The highest BCUT2D eigenvalue weighted by atomic mass is 16.4. The van der Waals surface area contributed by atoms with Crippen molar-refractivity contribution in [1.29, 1.82) is 0 Å². The van der Waals surface area contributed by atoms with E-state index < -0.39 is 0 Å². The molecule has 1 aliphatic rings. The van der Waals surface area contributed by atoms with Gasteiger partial charge in [-0.1, -0.05) is 13.3 Å². The van der Waals surface area contributed by atoms with Crippen molar-refractivity contribution in [3.05, 3.63) is 24.4 Å². The summed E-state index contributed by atoms with van der Waals surface area (Å²) in [4.78, 5) is 6.42. The van der Waals surface area contributed by atoms with E-state index in [0.29, 0.717) is 17.8 Å². The first-order chi connectivity index (χ1) is 9.85. The summed E-state index contributed by atoms with van der Waals surface area (Å²) in [6.45, 7) is 4.69. The first kappa shape index (κ1) is 13.2. The van der Waals surface area contributed by atoms with Crippen LogP contribution in [0.25, 0.3) is 0 Å². The average molecular weight is 276 g/mol. The van der Waals surface area contributed by atoms with E-state index in [0.717, 1.165) is 26.1 Å². The zero-order valence-corrected chi connectivity index (χ0v) is 11.8. The molecule has 0 N–H and O–H groups in total. The van der Waals surface area contributed by atoms with Crippen LogP contribution in [0.15, 0.2) is 17.1 Å². The maximum absolute atomic E-state index is 5.62. The number of hydrogen-bond donors (Lipinski definition) is 0. The third-order valence-corrected chi connectivity index (χ3v) is 3.76. The molecule has 2 aromatic heterocycles. The summed E-state index contributed by atoms with van der Waals surface area (Å²) in [6.07, 6.45) is 7.81. The van der Waals surface area contributed by atoms with Gasteiger partial charge in [-0.3, -0.25) is 9.58 Å². The molecule has 0 amide bonds. The highest BCUT2D eigenvalue weighted by Crippen LogP contribution is 2.20. The van der Waals surface area contributed by atoms with Crippen molar-refractivity contribution < 1.29 is 4.42 Å². The van der Waals surface area contributed by atoms with Crippen LogP contribution < -0.4 is 0 Å². The second kappa shape index (κ2) is 6.13. The van der Waals surface area contributed by atoms with E-state index in [-0.39, 0.29) is 0 Å². The van der Waals surface area contributed by atoms with Crippen molar-refractivity contribution in [3.8, 4) is 0 Å². The van der Waals surface area contributed by atoms with Crippen molar-refractivity contribution in [2.24, 2.45) is 0 Å². The minimum Gasteiger partial charge on any atom is -0.424 e. The number of aryl methyl sites for hydroxylation is 1.